The zero-order chi connectivity index (χ0) is 15.1. The van der Waals surface area contributed by atoms with Crippen LogP contribution in [0.5, 0.6) is 0 Å². The number of halogens is 2. The Morgan fingerprint density at radius 3 is 2.62 bits per heavy atom. The van der Waals surface area contributed by atoms with E-state index in [9.17, 15) is 4.79 Å². The number of hydrogen-bond donors (Lipinski definition) is 2. The van der Waals surface area contributed by atoms with Gasteiger partial charge < -0.3 is 10.6 Å². The van der Waals surface area contributed by atoms with Gasteiger partial charge in [0.05, 0.1) is 0 Å². The molecule has 0 heterocycles. The quantitative estimate of drug-likeness (QED) is 0.818. The second kappa shape index (κ2) is 7.86. The Morgan fingerprint density at radius 2 is 1.86 bits per heavy atom. The molecule has 0 fully saturated rings. The van der Waals surface area contributed by atoms with Crippen molar-refractivity contribution in [1.82, 2.24) is 10.6 Å². The number of amides is 2. The Bertz CT molecular complexity index is 658. The minimum Gasteiger partial charge on any atom is -0.334 e. The molecule has 0 bridgehead atoms. The Kier molecular flexibility index (Phi) is 5.84. The van der Waals surface area contributed by atoms with Gasteiger partial charge in [0, 0.05) is 22.2 Å². The first-order valence-electron chi connectivity index (χ1n) is 6.35. The summed E-state index contributed by atoms with van der Waals surface area (Å²) in [6, 6.07) is 14.9. The summed E-state index contributed by atoms with van der Waals surface area (Å²) in [5.74, 6) is 0. The maximum Gasteiger partial charge on any atom is 0.319 e. The van der Waals surface area contributed by atoms with E-state index < -0.39 is 0 Å². The SMILES string of the molecule is O=C(N/C=C/c1ccccc1Cl)NCc1ccccc1Br. The maximum atomic E-state index is 11.7. The topological polar surface area (TPSA) is 41.1 Å². The summed E-state index contributed by atoms with van der Waals surface area (Å²) in [7, 11) is 0. The molecule has 3 nitrogen and oxygen atoms in total. The smallest absolute Gasteiger partial charge is 0.319 e. The molecule has 5 heteroatoms. The summed E-state index contributed by atoms with van der Waals surface area (Å²) >= 11 is 9.45. The molecule has 0 saturated carbocycles. The molecular weight excluding hydrogens is 352 g/mol. The number of nitrogens with one attached hydrogen (secondary N) is 2. The van der Waals surface area contributed by atoms with E-state index in [1.165, 1.54) is 0 Å². The lowest BCUT2D eigenvalue weighted by atomic mass is 10.2. The van der Waals surface area contributed by atoms with E-state index >= 15 is 0 Å². The highest BCUT2D eigenvalue weighted by Gasteiger charge is 2.01. The molecule has 0 saturated heterocycles. The number of rotatable bonds is 4. The molecule has 108 valence electrons. The third-order valence-corrected chi connectivity index (χ3v) is 3.90. The average molecular weight is 366 g/mol. The van der Waals surface area contributed by atoms with Crippen LogP contribution in [0.1, 0.15) is 11.1 Å². The fourth-order valence-corrected chi connectivity index (χ4v) is 2.31. The molecule has 2 aromatic carbocycles. The van der Waals surface area contributed by atoms with E-state index in [4.69, 9.17) is 11.6 Å². The van der Waals surface area contributed by atoms with Gasteiger partial charge in [-0.15, -0.1) is 0 Å². The normalized spacial score (nSPS) is 10.6. The molecule has 2 rings (SSSR count). The van der Waals surface area contributed by atoms with Crippen molar-refractivity contribution >= 4 is 39.6 Å². The van der Waals surface area contributed by atoms with E-state index in [0.717, 1.165) is 15.6 Å². The van der Waals surface area contributed by atoms with Crippen molar-refractivity contribution in [1.29, 1.82) is 0 Å². The van der Waals surface area contributed by atoms with Crippen LogP contribution in [-0.4, -0.2) is 6.03 Å². The molecule has 2 aromatic rings. The third-order valence-electron chi connectivity index (χ3n) is 2.78. The zero-order valence-corrected chi connectivity index (χ0v) is 13.5. The Morgan fingerprint density at radius 1 is 1.14 bits per heavy atom. The van der Waals surface area contributed by atoms with Gasteiger partial charge in [-0.25, -0.2) is 4.79 Å². The summed E-state index contributed by atoms with van der Waals surface area (Å²) < 4.78 is 0.969. The van der Waals surface area contributed by atoms with Gasteiger partial charge in [-0.1, -0.05) is 63.9 Å². The van der Waals surface area contributed by atoms with Crippen molar-refractivity contribution in [3.05, 3.63) is 75.4 Å². The lowest BCUT2D eigenvalue weighted by molar-refractivity contribution is 0.244. The van der Waals surface area contributed by atoms with Crippen molar-refractivity contribution < 1.29 is 4.79 Å². The highest BCUT2D eigenvalue weighted by Crippen LogP contribution is 2.16. The molecule has 2 amide bonds. The highest BCUT2D eigenvalue weighted by atomic mass is 79.9. The molecule has 0 atom stereocenters. The van der Waals surface area contributed by atoms with Crippen LogP contribution in [0, 0.1) is 0 Å². The number of benzene rings is 2. The first kappa shape index (κ1) is 15.6. The van der Waals surface area contributed by atoms with Crippen LogP contribution in [0.4, 0.5) is 4.79 Å². The maximum absolute atomic E-state index is 11.7. The Balaban J connectivity index is 1.83. The first-order chi connectivity index (χ1) is 10.2. The second-order valence-electron chi connectivity index (χ2n) is 4.27. The van der Waals surface area contributed by atoms with Crippen molar-refractivity contribution in [2.24, 2.45) is 0 Å². The molecule has 0 aliphatic carbocycles. The van der Waals surface area contributed by atoms with Crippen LogP contribution in [0.3, 0.4) is 0 Å². The van der Waals surface area contributed by atoms with Gasteiger partial charge in [0.2, 0.25) is 0 Å². The second-order valence-corrected chi connectivity index (χ2v) is 5.53. The molecule has 0 unspecified atom stereocenters. The molecule has 21 heavy (non-hydrogen) atoms. The van der Waals surface area contributed by atoms with Gasteiger partial charge in [0.15, 0.2) is 0 Å². The van der Waals surface area contributed by atoms with Gasteiger partial charge in [-0.2, -0.15) is 0 Å². The predicted octanol–water partition coefficient (Wildman–Crippen LogP) is 4.57. The first-order valence-corrected chi connectivity index (χ1v) is 7.53. The summed E-state index contributed by atoms with van der Waals surface area (Å²) in [6.07, 6.45) is 3.32. The fraction of sp³-hybridized carbons (Fsp3) is 0.0625. The van der Waals surface area contributed by atoms with Gasteiger partial charge in [-0.3, -0.25) is 0 Å². The van der Waals surface area contributed by atoms with Crippen LogP contribution >= 0.6 is 27.5 Å². The molecule has 2 N–H and O–H groups in total. The monoisotopic (exact) mass is 364 g/mol. The van der Waals surface area contributed by atoms with Gasteiger partial charge in [-0.05, 0) is 29.3 Å². The molecule has 0 spiro atoms. The predicted molar refractivity (Wildman–Crippen MR) is 90.0 cm³/mol. The van der Waals surface area contributed by atoms with Crippen LogP contribution in [0.15, 0.2) is 59.2 Å². The number of carbonyl (C=O) groups excluding carboxylic acids is 1. The van der Waals surface area contributed by atoms with Crippen molar-refractivity contribution in [2.75, 3.05) is 0 Å². The minimum atomic E-state index is -0.269. The molecular formula is C16H14BrClN2O. The van der Waals surface area contributed by atoms with E-state index in [0.29, 0.717) is 11.6 Å². The van der Waals surface area contributed by atoms with E-state index in [-0.39, 0.29) is 6.03 Å². The lowest BCUT2D eigenvalue weighted by Gasteiger charge is -2.06. The summed E-state index contributed by atoms with van der Waals surface area (Å²) in [6.45, 7) is 0.452. The van der Waals surface area contributed by atoms with Crippen molar-refractivity contribution in [3.63, 3.8) is 0 Å². The van der Waals surface area contributed by atoms with Gasteiger partial charge >= 0.3 is 6.03 Å². The molecule has 0 aliphatic rings. The molecule has 0 radical (unpaired) electrons. The van der Waals surface area contributed by atoms with Crippen LogP contribution < -0.4 is 10.6 Å². The van der Waals surface area contributed by atoms with Crippen molar-refractivity contribution in [3.8, 4) is 0 Å². The Hall–Kier alpha value is -1.78. The third kappa shape index (κ3) is 4.92. The van der Waals surface area contributed by atoms with E-state index in [1.807, 2.05) is 42.5 Å². The molecule has 0 aromatic heterocycles. The summed E-state index contributed by atoms with van der Waals surface area (Å²) in [4.78, 5) is 11.7. The highest BCUT2D eigenvalue weighted by molar-refractivity contribution is 9.10. The average Bonchev–Trinajstić information content (AvgIpc) is 2.48. The Labute approximate surface area is 137 Å². The van der Waals surface area contributed by atoms with Gasteiger partial charge in [0.1, 0.15) is 0 Å². The van der Waals surface area contributed by atoms with E-state index in [2.05, 4.69) is 26.6 Å². The summed E-state index contributed by atoms with van der Waals surface area (Å²) in [5, 5.41) is 6.06. The van der Waals surface area contributed by atoms with Crippen molar-refractivity contribution in [2.45, 2.75) is 6.54 Å². The van der Waals surface area contributed by atoms with Crippen LogP contribution in [0.2, 0.25) is 5.02 Å². The number of hydrogen-bond acceptors (Lipinski definition) is 1. The zero-order valence-electron chi connectivity index (χ0n) is 11.1. The van der Waals surface area contributed by atoms with E-state index in [1.54, 1.807) is 18.3 Å². The van der Waals surface area contributed by atoms with Gasteiger partial charge in [0.25, 0.3) is 0 Å². The lowest BCUT2D eigenvalue weighted by Crippen LogP contribution is -2.31. The van der Waals surface area contributed by atoms with Crippen LogP contribution in [0.25, 0.3) is 6.08 Å². The number of urea groups is 1. The minimum absolute atomic E-state index is 0.269. The standard InChI is InChI=1S/C16H14BrClN2O/c17-14-7-3-1-6-13(14)11-20-16(21)19-10-9-12-5-2-4-8-15(12)18/h1-10H,11H2,(H2,19,20,21)/b10-9+. The summed E-state index contributed by atoms with van der Waals surface area (Å²) in [5.41, 5.74) is 1.87. The van der Waals surface area contributed by atoms with Crippen LogP contribution in [-0.2, 0) is 6.54 Å². The molecule has 0 aliphatic heterocycles. The number of carbonyl (C=O) groups is 1. The fourth-order valence-electron chi connectivity index (χ4n) is 1.69. The largest absolute Gasteiger partial charge is 0.334 e.